The van der Waals surface area contributed by atoms with Gasteiger partial charge in [0, 0.05) is 0 Å². The highest BCUT2D eigenvalue weighted by Gasteiger charge is 2.50. The first-order valence-corrected chi connectivity index (χ1v) is 18.9. The first-order chi connectivity index (χ1) is 20.9. The van der Waals surface area contributed by atoms with E-state index in [1.165, 1.54) is 21.7 Å². The number of nitrogens with two attached hydrogens (primary N) is 2. The molecular weight excluding hydrogens is 684 g/mol. The zero-order valence-electron chi connectivity index (χ0n) is 22.1. The molecule has 0 radical (unpaired) electrons. The molecule has 0 amide bonds. The second-order valence-corrected chi connectivity index (χ2v) is 15.8. The maximum absolute atomic E-state index is 13.5. The van der Waals surface area contributed by atoms with Crippen molar-refractivity contribution in [2.45, 2.75) is 41.0 Å². The SMILES string of the molecule is Nc1nc2c(nnn2[C@@H]2S[C@H](CO[PH](=O)S)[C@@H](O)[C@H]2OP(=O)(S)OC[C@H]2OC[C@@H](c3cnc4c(N)ncnn34)[C@@H]2O)c(=O)[nH]1. The van der Waals surface area contributed by atoms with E-state index < -0.39 is 67.2 Å². The molecular formula is C19H25N11O9P2S3. The van der Waals surface area contributed by atoms with Crippen molar-refractivity contribution in [2.75, 3.05) is 31.3 Å². The number of nitrogens with zero attached hydrogens (tertiary/aromatic N) is 8. The number of hydrogen-bond acceptors (Lipinski definition) is 18. The molecule has 9 atom stereocenters. The van der Waals surface area contributed by atoms with Gasteiger partial charge >= 0.3 is 6.80 Å². The normalized spacial score (nSPS) is 29.4. The van der Waals surface area contributed by atoms with E-state index in [-0.39, 0.29) is 36.1 Å². The van der Waals surface area contributed by atoms with Gasteiger partial charge in [-0.1, -0.05) is 29.7 Å². The maximum atomic E-state index is 13.5. The Morgan fingerprint density at radius 3 is 2.82 bits per heavy atom. The van der Waals surface area contributed by atoms with E-state index in [4.69, 9.17) is 29.8 Å². The second-order valence-electron chi connectivity index (χ2n) is 9.66. The Kier molecular flexibility index (Phi) is 8.98. The zero-order valence-corrected chi connectivity index (χ0v) is 26.6. The van der Waals surface area contributed by atoms with Crippen molar-refractivity contribution in [3.05, 3.63) is 28.6 Å². The smallest absolute Gasteiger partial charge is 0.386 e. The predicted molar refractivity (Wildman–Crippen MR) is 162 cm³/mol. The molecule has 2 aliphatic heterocycles. The molecule has 0 aliphatic carbocycles. The third-order valence-corrected chi connectivity index (χ3v) is 10.9. The minimum atomic E-state index is -4.28. The van der Waals surface area contributed by atoms with Gasteiger partial charge < -0.3 is 30.9 Å². The molecule has 2 aliphatic rings. The number of thioether (sulfide) groups is 1. The summed E-state index contributed by atoms with van der Waals surface area (Å²) in [6.07, 6.45) is -2.03. The fourth-order valence-electron chi connectivity index (χ4n) is 4.90. The molecule has 0 bridgehead atoms. The topological polar surface area (TPSA) is 283 Å². The lowest BCUT2D eigenvalue weighted by Gasteiger charge is -2.26. The number of thiol groups is 2. The Hall–Kier alpha value is -2.30. The third-order valence-electron chi connectivity index (χ3n) is 6.95. The summed E-state index contributed by atoms with van der Waals surface area (Å²) in [6, 6.07) is 0. The average molecular weight is 710 g/mol. The van der Waals surface area contributed by atoms with Crippen molar-refractivity contribution < 1.29 is 37.7 Å². The van der Waals surface area contributed by atoms with Crippen molar-refractivity contribution in [3.63, 3.8) is 0 Å². The molecule has 6 rings (SSSR count). The van der Waals surface area contributed by atoms with Crippen molar-refractivity contribution >= 4 is 78.9 Å². The molecule has 20 nitrogen and oxygen atoms in total. The third kappa shape index (κ3) is 6.10. The summed E-state index contributed by atoms with van der Waals surface area (Å²) in [6.45, 7) is -4.83. The van der Waals surface area contributed by atoms with Gasteiger partial charge in [-0.05, 0) is 0 Å². The molecule has 0 saturated carbocycles. The Bertz CT molecular complexity index is 1830. The van der Waals surface area contributed by atoms with Gasteiger partial charge in [0.25, 0.3) is 5.56 Å². The van der Waals surface area contributed by atoms with Crippen LogP contribution < -0.4 is 17.0 Å². The van der Waals surface area contributed by atoms with Crippen LogP contribution in [0.15, 0.2) is 17.3 Å². The molecule has 238 valence electrons. The Balaban J connectivity index is 1.19. The lowest BCUT2D eigenvalue weighted by atomic mass is 9.99. The van der Waals surface area contributed by atoms with Gasteiger partial charge in [-0.2, -0.15) is 10.1 Å². The molecule has 2 unspecified atom stereocenters. The van der Waals surface area contributed by atoms with Crippen LogP contribution in [0.3, 0.4) is 0 Å². The van der Waals surface area contributed by atoms with E-state index in [1.54, 1.807) is 0 Å². The summed E-state index contributed by atoms with van der Waals surface area (Å²) < 4.78 is 49.6. The Labute approximate surface area is 261 Å². The van der Waals surface area contributed by atoms with Gasteiger partial charge in [-0.25, -0.2) is 23.7 Å². The fourth-order valence-corrected chi connectivity index (χ4v) is 8.56. The molecule has 25 heteroatoms. The van der Waals surface area contributed by atoms with Crippen molar-refractivity contribution in [1.82, 2.24) is 44.5 Å². The summed E-state index contributed by atoms with van der Waals surface area (Å²) in [5.41, 5.74) is 11.6. The van der Waals surface area contributed by atoms with E-state index in [1.807, 2.05) is 0 Å². The van der Waals surface area contributed by atoms with Crippen molar-refractivity contribution in [2.24, 2.45) is 0 Å². The number of aliphatic hydroxyl groups is 2. The maximum Gasteiger partial charge on any atom is 0.386 e. The molecule has 4 aromatic rings. The van der Waals surface area contributed by atoms with Gasteiger partial charge in [0.05, 0.1) is 55.1 Å². The van der Waals surface area contributed by atoms with E-state index in [2.05, 4.69) is 59.8 Å². The number of ether oxygens (including phenoxy) is 1. The van der Waals surface area contributed by atoms with Crippen molar-refractivity contribution in [3.8, 4) is 0 Å². The number of aromatic amines is 1. The number of imidazole rings is 1. The minimum Gasteiger partial charge on any atom is -0.390 e. The van der Waals surface area contributed by atoms with Crippen LogP contribution >= 0.6 is 50.3 Å². The molecule has 4 aromatic heterocycles. The van der Waals surface area contributed by atoms with Gasteiger partial charge in [-0.15, -0.1) is 16.9 Å². The van der Waals surface area contributed by atoms with Crippen LogP contribution in [0.4, 0.5) is 11.8 Å². The van der Waals surface area contributed by atoms with Gasteiger partial charge in [-0.3, -0.25) is 23.4 Å². The van der Waals surface area contributed by atoms with Crippen LogP contribution in [0, 0.1) is 0 Å². The number of H-pyrrole nitrogens is 1. The second kappa shape index (κ2) is 12.5. The standard InChI is InChI=1S/C19H25N11O9P2S3/c20-14-16-22-1-7(29(16)24-5-23-14)6-2-36-8(11(6)31)3-38-41(35,43)39-13-12(32)9(4-37-40(34)42)44-18(13)30-15-10(27-28-30)17(33)26-19(21)25-15/h1,5-6,8-9,11-13,18,31-32,40H,2-4H2,(H,34,42)(H,35,43)(H2,20,23,24)(H3,21,25,26,33)/t6-,8+,9+,11-,12+,13+,18+,41?/m0/s1. The van der Waals surface area contributed by atoms with E-state index in [0.29, 0.717) is 11.3 Å². The molecule has 2 saturated heterocycles. The molecule has 6 heterocycles. The van der Waals surface area contributed by atoms with E-state index >= 15 is 0 Å². The highest BCUT2D eigenvalue weighted by atomic mass is 32.7. The lowest BCUT2D eigenvalue weighted by molar-refractivity contribution is -0.00647. The number of hydrogen-bond donors (Lipinski definition) is 7. The molecule has 7 N–H and O–H groups in total. The van der Waals surface area contributed by atoms with Crippen molar-refractivity contribution in [1.29, 1.82) is 0 Å². The number of aliphatic hydroxyl groups excluding tert-OH is 2. The molecule has 0 spiro atoms. The number of rotatable bonds is 10. The molecule has 44 heavy (non-hydrogen) atoms. The molecule has 2 fully saturated rings. The van der Waals surface area contributed by atoms with E-state index in [9.17, 15) is 24.1 Å². The number of nitrogen functional groups attached to an aromatic ring is 2. The summed E-state index contributed by atoms with van der Waals surface area (Å²) in [5, 5.41) is 32.3. The monoisotopic (exact) mass is 709 g/mol. The Morgan fingerprint density at radius 1 is 1.25 bits per heavy atom. The molecule has 0 aromatic carbocycles. The minimum absolute atomic E-state index is 0.0308. The van der Waals surface area contributed by atoms with Crippen LogP contribution in [0.2, 0.25) is 0 Å². The lowest BCUT2D eigenvalue weighted by Crippen LogP contribution is -2.35. The van der Waals surface area contributed by atoms with Crippen LogP contribution in [-0.2, 0) is 27.4 Å². The van der Waals surface area contributed by atoms with Gasteiger partial charge in [0.15, 0.2) is 22.6 Å². The quantitative estimate of drug-likeness (QED) is 0.0800. The van der Waals surface area contributed by atoms with Crippen LogP contribution in [0.25, 0.3) is 16.8 Å². The zero-order chi connectivity index (χ0) is 31.3. The fraction of sp³-hybridized carbons (Fsp3) is 0.526. The number of anilines is 2. The van der Waals surface area contributed by atoms with Gasteiger partial charge in [0.1, 0.15) is 23.9 Å². The Morgan fingerprint density at radius 2 is 2.05 bits per heavy atom. The van der Waals surface area contributed by atoms with Crippen LogP contribution in [0.5, 0.6) is 0 Å². The summed E-state index contributed by atoms with van der Waals surface area (Å²) in [4.78, 5) is 26.8. The summed E-state index contributed by atoms with van der Waals surface area (Å²) in [5.74, 6) is -0.622. The number of aromatic nitrogens is 9. The summed E-state index contributed by atoms with van der Waals surface area (Å²) >= 11 is 8.89. The van der Waals surface area contributed by atoms with Gasteiger partial charge in [0.2, 0.25) is 13.2 Å². The largest absolute Gasteiger partial charge is 0.390 e. The first-order valence-electron chi connectivity index (χ1n) is 12.6. The average Bonchev–Trinajstić information content (AvgIpc) is 3.73. The summed E-state index contributed by atoms with van der Waals surface area (Å²) in [7, 11) is -2.65. The van der Waals surface area contributed by atoms with Crippen LogP contribution in [-0.4, -0.2) is 104 Å². The van der Waals surface area contributed by atoms with E-state index in [0.717, 1.165) is 11.8 Å². The first kappa shape index (κ1) is 31.7. The van der Waals surface area contributed by atoms with Crippen LogP contribution in [0.1, 0.15) is 17.0 Å². The highest BCUT2D eigenvalue weighted by Crippen LogP contribution is 2.59. The number of fused-ring (bicyclic) bond motifs is 2. The highest BCUT2D eigenvalue weighted by molar-refractivity contribution is 8.44. The number of nitrogens with one attached hydrogen (secondary N) is 1. The predicted octanol–water partition coefficient (Wildman–Crippen LogP) is -0.589.